The lowest BCUT2D eigenvalue weighted by Gasteiger charge is -2.35. The summed E-state index contributed by atoms with van der Waals surface area (Å²) in [4.78, 5) is 43.6. The Balaban J connectivity index is 1.38. The molecule has 0 spiro atoms. The molecule has 1 aromatic carbocycles. The first kappa shape index (κ1) is 29.1. The van der Waals surface area contributed by atoms with Gasteiger partial charge >= 0.3 is 5.97 Å². The van der Waals surface area contributed by atoms with Gasteiger partial charge in [0.2, 0.25) is 5.91 Å². The minimum atomic E-state index is -1.60. The van der Waals surface area contributed by atoms with E-state index in [2.05, 4.69) is 4.90 Å². The second-order valence-electron chi connectivity index (χ2n) is 12.6. The maximum Gasteiger partial charge on any atom is 0.306 e. The standard InChI is InChI=1S/C32H38ClFN4O4/c1-36(2)22-13-16-37(18-22)29(39)21-11-12-23-26(17-21)38(35-28(23)19-7-9-20(10-8-19)31(41)42)30(40)27-24(5-3-6-25(27)33)32(34)14-4-15-32/h3,5-7,20-22H,4,8-18H2,1-2H3,(H,41,42)/t20?,21?,22-/m1/s1. The van der Waals surface area contributed by atoms with Crippen LogP contribution in [0.25, 0.3) is 5.57 Å². The Morgan fingerprint density at radius 3 is 2.50 bits per heavy atom. The smallest absolute Gasteiger partial charge is 0.306 e. The number of carboxylic acid groups (broad SMARTS) is 1. The van der Waals surface area contributed by atoms with Gasteiger partial charge in [0.15, 0.2) is 0 Å². The Morgan fingerprint density at radius 2 is 1.88 bits per heavy atom. The average Bonchev–Trinajstić information content (AvgIpc) is 3.61. The van der Waals surface area contributed by atoms with Crippen molar-refractivity contribution in [1.29, 1.82) is 0 Å². The molecule has 3 aliphatic carbocycles. The molecule has 2 heterocycles. The minimum Gasteiger partial charge on any atom is -0.481 e. The summed E-state index contributed by atoms with van der Waals surface area (Å²) in [6.45, 7) is 1.41. The van der Waals surface area contributed by atoms with Crippen LogP contribution in [0, 0.1) is 11.8 Å². The van der Waals surface area contributed by atoms with Gasteiger partial charge in [-0.05, 0) is 83.5 Å². The molecule has 1 saturated heterocycles. The monoisotopic (exact) mass is 596 g/mol. The highest BCUT2D eigenvalue weighted by molar-refractivity contribution is 6.34. The van der Waals surface area contributed by atoms with E-state index in [1.54, 1.807) is 18.2 Å². The highest BCUT2D eigenvalue weighted by Crippen LogP contribution is 2.47. The van der Waals surface area contributed by atoms with Crippen molar-refractivity contribution < 1.29 is 23.9 Å². The quantitative estimate of drug-likeness (QED) is 0.498. The molecule has 42 heavy (non-hydrogen) atoms. The molecule has 8 nitrogen and oxygen atoms in total. The predicted octanol–water partition coefficient (Wildman–Crippen LogP) is 5.11. The van der Waals surface area contributed by atoms with Gasteiger partial charge in [0.1, 0.15) is 5.67 Å². The van der Waals surface area contributed by atoms with Crippen molar-refractivity contribution >= 4 is 35.0 Å². The number of halogens is 2. The molecule has 1 aromatic heterocycles. The molecule has 1 saturated carbocycles. The Bertz CT molecular complexity index is 1460. The molecule has 224 valence electrons. The summed E-state index contributed by atoms with van der Waals surface area (Å²) in [6.07, 6.45) is 7.34. The maximum atomic E-state index is 15.8. The number of benzene rings is 1. The van der Waals surface area contributed by atoms with E-state index in [9.17, 15) is 19.5 Å². The highest BCUT2D eigenvalue weighted by Gasteiger charge is 2.43. The van der Waals surface area contributed by atoms with Gasteiger partial charge in [0.05, 0.1) is 27.9 Å². The van der Waals surface area contributed by atoms with E-state index >= 15 is 4.39 Å². The number of allylic oxidation sites excluding steroid dienone is 2. The van der Waals surface area contributed by atoms with E-state index < -0.39 is 23.5 Å². The van der Waals surface area contributed by atoms with Gasteiger partial charge in [-0.3, -0.25) is 14.4 Å². The van der Waals surface area contributed by atoms with Crippen LogP contribution >= 0.6 is 11.6 Å². The van der Waals surface area contributed by atoms with Crippen LogP contribution in [0.4, 0.5) is 4.39 Å². The minimum absolute atomic E-state index is 0.101. The van der Waals surface area contributed by atoms with Crippen LogP contribution < -0.4 is 0 Å². The summed E-state index contributed by atoms with van der Waals surface area (Å²) >= 11 is 6.59. The number of aromatic nitrogens is 2. The van der Waals surface area contributed by atoms with Crippen molar-refractivity contribution in [3.05, 3.63) is 57.4 Å². The maximum absolute atomic E-state index is 15.8. The van der Waals surface area contributed by atoms with Crippen molar-refractivity contribution in [2.75, 3.05) is 27.2 Å². The Kier molecular flexibility index (Phi) is 7.77. The number of aliphatic carboxylic acids is 1. The van der Waals surface area contributed by atoms with E-state index in [4.69, 9.17) is 16.7 Å². The first-order chi connectivity index (χ1) is 20.1. The van der Waals surface area contributed by atoms with Crippen LogP contribution in [0.2, 0.25) is 5.02 Å². The fourth-order valence-electron chi connectivity index (χ4n) is 7.12. The summed E-state index contributed by atoms with van der Waals surface area (Å²) < 4.78 is 17.1. The first-order valence-corrected chi connectivity index (χ1v) is 15.5. The summed E-state index contributed by atoms with van der Waals surface area (Å²) in [5.74, 6) is -1.91. The molecule has 1 amide bonds. The van der Waals surface area contributed by atoms with E-state index in [-0.39, 0.29) is 22.4 Å². The van der Waals surface area contributed by atoms with E-state index in [1.807, 2.05) is 25.1 Å². The molecular weight excluding hydrogens is 559 g/mol. The number of amides is 1. The number of fused-ring (bicyclic) bond motifs is 1. The second-order valence-corrected chi connectivity index (χ2v) is 13.0. The average molecular weight is 597 g/mol. The fraction of sp³-hybridized carbons (Fsp3) is 0.562. The van der Waals surface area contributed by atoms with Crippen LogP contribution in [-0.2, 0) is 28.1 Å². The molecule has 3 atom stereocenters. The molecular formula is C32H38ClFN4O4. The summed E-state index contributed by atoms with van der Waals surface area (Å²) in [5.41, 5.74) is 2.05. The van der Waals surface area contributed by atoms with Crippen molar-refractivity contribution in [1.82, 2.24) is 19.6 Å². The predicted molar refractivity (Wildman–Crippen MR) is 157 cm³/mol. The van der Waals surface area contributed by atoms with Gasteiger partial charge in [-0.2, -0.15) is 9.78 Å². The molecule has 0 radical (unpaired) electrons. The number of carbonyl (C=O) groups excluding carboxylic acids is 2. The number of likely N-dealkylation sites (N-methyl/N-ethyl adjacent to an activating group) is 1. The molecule has 1 N–H and O–H groups in total. The van der Waals surface area contributed by atoms with Crippen LogP contribution in [0.5, 0.6) is 0 Å². The van der Waals surface area contributed by atoms with Crippen molar-refractivity contribution in [3.8, 4) is 0 Å². The molecule has 2 aromatic rings. The topological polar surface area (TPSA) is 95.7 Å². The Morgan fingerprint density at radius 1 is 1.12 bits per heavy atom. The second kappa shape index (κ2) is 11.2. The number of rotatable bonds is 6. The lowest BCUT2D eigenvalue weighted by atomic mass is 9.75. The van der Waals surface area contributed by atoms with E-state index in [1.165, 1.54) is 4.68 Å². The van der Waals surface area contributed by atoms with Gasteiger partial charge in [-0.1, -0.05) is 29.8 Å². The molecule has 10 heteroatoms. The zero-order chi connectivity index (χ0) is 29.8. The fourth-order valence-corrected chi connectivity index (χ4v) is 7.38. The molecule has 6 rings (SSSR count). The molecule has 1 aliphatic heterocycles. The summed E-state index contributed by atoms with van der Waals surface area (Å²) in [5, 5.41) is 14.5. The number of carbonyl (C=O) groups is 3. The van der Waals surface area contributed by atoms with Crippen molar-refractivity contribution in [3.63, 3.8) is 0 Å². The third-order valence-electron chi connectivity index (χ3n) is 9.94. The molecule has 2 fully saturated rings. The van der Waals surface area contributed by atoms with Crippen molar-refractivity contribution in [2.45, 2.75) is 75.9 Å². The number of hydrogen-bond acceptors (Lipinski definition) is 5. The zero-order valence-corrected chi connectivity index (χ0v) is 25.0. The Labute approximate surface area is 250 Å². The summed E-state index contributed by atoms with van der Waals surface area (Å²) in [6, 6.07) is 5.26. The van der Waals surface area contributed by atoms with E-state index in [0.29, 0.717) is 87.4 Å². The van der Waals surface area contributed by atoms with Gasteiger partial charge in [-0.15, -0.1) is 0 Å². The van der Waals surface area contributed by atoms with Crippen LogP contribution in [0.3, 0.4) is 0 Å². The van der Waals surface area contributed by atoms with Gasteiger partial charge < -0.3 is 14.9 Å². The van der Waals surface area contributed by atoms with Gasteiger partial charge in [-0.25, -0.2) is 4.39 Å². The van der Waals surface area contributed by atoms with Crippen LogP contribution in [0.15, 0.2) is 24.3 Å². The van der Waals surface area contributed by atoms with Crippen LogP contribution in [0.1, 0.15) is 84.2 Å². The van der Waals surface area contributed by atoms with Gasteiger partial charge in [0, 0.05) is 42.6 Å². The first-order valence-electron chi connectivity index (χ1n) is 15.1. The Hall–Kier alpha value is -3.04. The third kappa shape index (κ3) is 5.08. The van der Waals surface area contributed by atoms with Gasteiger partial charge in [0.25, 0.3) is 5.91 Å². The highest BCUT2D eigenvalue weighted by atomic mass is 35.5. The third-order valence-corrected chi connectivity index (χ3v) is 10.3. The number of carboxylic acids is 1. The summed E-state index contributed by atoms with van der Waals surface area (Å²) in [7, 11) is 4.06. The van der Waals surface area contributed by atoms with Crippen LogP contribution in [-0.4, -0.2) is 75.7 Å². The lowest BCUT2D eigenvalue weighted by Crippen LogP contribution is -2.40. The molecule has 4 aliphatic rings. The zero-order valence-electron chi connectivity index (χ0n) is 24.2. The number of hydrogen-bond donors (Lipinski definition) is 1. The largest absolute Gasteiger partial charge is 0.481 e. The number of nitrogens with zero attached hydrogens (tertiary/aromatic N) is 4. The molecule has 0 bridgehead atoms. The van der Waals surface area contributed by atoms with Crippen molar-refractivity contribution in [2.24, 2.45) is 11.8 Å². The van der Waals surface area contributed by atoms with E-state index in [0.717, 1.165) is 24.0 Å². The SMILES string of the molecule is CN(C)[C@@H]1CCN(C(=O)C2CCc3c(C4=CCC(C(=O)O)CC4)nn(C(=O)c4c(Cl)cccc4C4(F)CCC4)c3C2)C1. The molecule has 2 unspecified atom stereocenters. The number of likely N-dealkylation sites (tertiary alicyclic amines) is 1. The lowest BCUT2D eigenvalue weighted by molar-refractivity contribution is -0.142. The number of alkyl halides is 1. The normalized spacial score (nSPS) is 25.1.